The van der Waals surface area contributed by atoms with Gasteiger partial charge in [-0.15, -0.1) is 0 Å². The third kappa shape index (κ3) is 0.988. The fraction of sp³-hybridized carbons (Fsp3) is 0. The van der Waals surface area contributed by atoms with Crippen LogP contribution in [0.15, 0.2) is 60.9 Å². The van der Waals surface area contributed by atoms with E-state index in [4.69, 9.17) is 9.97 Å². The van der Waals surface area contributed by atoms with Crippen LogP contribution in [0.4, 0.5) is 0 Å². The van der Waals surface area contributed by atoms with E-state index in [-0.39, 0.29) is 0 Å². The van der Waals surface area contributed by atoms with Crippen molar-refractivity contribution in [3.8, 4) is 0 Å². The summed E-state index contributed by atoms with van der Waals surface area (Å²) in [5.74, 6) is 1.87. The van der Waals surface area contributed by atoms with Gasteiger partial charge in [-0.05, 0) is 24.3 Å². The van der Waals surface area contributed by atoms with Crippen molar-refractivity contribution in [1.29, 1.82) is 0 Å². The minimum absolute atomic E-state index is 0.934. The summed E-state index contributed by atoms with van der Waals surface area (Å²) in [4.78, 5) is 9.66. The molecule has 0 saturated carbocycles. The molecular formula is C18H10N6. The molecule has 0 spiro atoms. The Morgan fingerprint density at radius 1 is 0.583 bits per heavy atom. The van der Waals surface area contributed by atoms with Gasteiger partial charge < -0.3 is 0 Å². The number of hydrogen-bond donors (Lipinski definition) is 0. The Balaban J connectivity index is 1.95. The second kappa shape index (κ2) is 3.35. The zero-order valence-electron chi connectivity index (χ0n) is 12.5. The number of rotatable bonds is 0. The summed E-state index contributed by atoms with van der Waals surface area (Å²) in [6, 6.07) is 16.5. The molecule has 7 aromatic rings. The molecule has 0 radical (unpaired) electrons. The summed E-state index contributed by atoms with van der Waals surface area (Å²) in [5, 5.41) is 0. The Morgan fingerprint density at radius 2 is 1.08 bits per heavy atom. The standard InChI is InChI=1S/C18H10N6/c1-3-7-13-11(5-1)19-17-21-9-10-22-15(21)16(23(13)17)24-14-8-4-2-6-12(14)20-18(22)24/h1-10H. The highest BCUT2D eigenvalue weighted by Crippen LogP contribution is 2.31. The van der Waals surface area contributed by atoms with E-state index in [1.54, 1.807) is 0 Å². The molecule has 0 aliphatic rings. The normalized spacial score (nSPS) is 13.0. The highest BCUT2D eigenvalue weighted by molar-refractivity contribution is 5.94. The minimum Gasteiger partial charge on any atom is -0.267 e. The molecule has 0 bridgehead atoms. The third-order valence-electron chi connectivity index (χ3n) is 4.96. The van der Waals surface area contributed by atoms with Crippen molar-refractivity contribution in [1.82, 2.24) is 27.6 Å². The first-order valence-electron chi connectivity index (χ1n) is 7.88. The van der Waals surface area contributed by atoms with E-state index in [2.05, 4.69) is 66.4 Å². The van der Waals surface area contributed by atoms with Crippen LogP contribution >= 0.6 is 0 Å². The van der Waals surface area contributed by atoms with Crippen molar-refractivity contribution >= 4 is 44.9 Å². The van der Waals surface area contributed by atoms with Crippen LogP contribution in [0.25, 0.3) is 44.9 Å². The smallest absolute Gasteiger partial charge is 0.222 e. The first-order valence-corrected chi connectivity index (χ1v) is 7.88. The fourth-order valence-electron chi connectivity index (χ4n) is 4.00. The van der Waals surface area contributed by atoms with E-state index in [9.17, 15) is 0 Å². The Hall–Kier alpha value is -3.54. The summed E-state index contributed by atoms with van der Waals surface area (Å²) in [7, 11) is 0. The van der Waals surface area contributed by atoms with Crippen LogP contribution in [-0.2, 0) is 0 Å². The Kier molecular flexibility index (Phi) is 1.55. The van der Waals surface area contributed by atoms with E-state index in [0.717, 1.165) is 44.9 Å². The van der Waals surface area contributed by atoms with Crippen molar-refractivity contribution in [2.45, 2.75) is 0 Å². The number of fused-ring (bicyclic) bond motifs is 10. The van der Waals surface area contributed by atoms with E-state index in [1.165, 1.54) is 0 Å². The van der Waals surface area contributed by atoms with Crippen LogP contribution in [0.3, 0.4) is 0 Å². The molecule has 5 heterocycles. The quantitative estimate of drug-likeness (QED) is 0.431. The maximum absolute atomic E-state index is 4.83. The summed E-state index contributed by atoms with van der Waals surface area (Å²) >= 11 is 0. The number of hydrogen-bond acceptors (Lipinski definition) is 2. The van der Waals surface area contributed by atoms with Gasteiger partial charge >= 0.3 is 0 Å². The largest absolute Gasteiger partial charge is 0.267 e. The van der Waals surface area contributed by atoms with Crippen LogP contribution in [-0.4, -0.2) is 27.6 Å². The van der Waals surface area contributed by atoms with Crippen molar-refractivity contribution in [3.63, 3.8) is 0 Å². The highest BCUT2D eigenvalue weighted by Gasteiger charge is 2.23. The van der Waals surface area contributed by atoms with Gasteiger partial charge in [-0.3, -0.25) is 17.6 Å². The predicted molar refractivity (Wildman–Crippen MR) is 92.1 cm³/mol. The molecule has 0 N–H and O–H groups in total. The average Bonchev–Trinajstić information content (AvgIpc) is 3.35. The van der Waals surface area contributed by atoms with Gasteiger partial charge in [-0.1, -0.05) is 24.3 Å². The molecule has 112 valence electrons. The van der Waals surface area contributed by atoms with Crippen molar-refractivity contribution < 1.29 is 0 Å². The van der Waals surface area contributed by atoms with Crippen LogP contribution < -0.4 is 0 Å². The molecule has 0 atom stereocenters. The maximum atomic E-state index is 4.83. The fourth-order valence-corrected chi connectivity index (χ4v) is 4.00. The molecule has 5 aromatic heterocycles. The lowest BCUT2D eigenvalue weighted by atomic mass is 10.3. The van der Waals surface area contributed by atoms with Crippen molar-refractivity contribution in [2.75, 3.05) is 0 Å². The first-order chi connectivity index (χ1) is 11.9. The van der Waals surface area contributed by atoms with Crippen LogP contribution in [0.5, 0.6) is 0 Å². The maximum Gasteiger partial charge on any atom is 0.222 e. The molecule has 0 aliphatic heterocycles. The molecular weight excluding hydrogens is 300 g/mol. The number of benzene rings is 2. The number of para-hydroxylation sites is 4. The lowest BCUT2D eigenvalue weighted by Crippen LogP contribution is -1.87. The number of imidazole rings is 5. The predicted octanol–water partition coefficient (Wildman–Crippen LogP) is 3.23. The molecule has 24 heavy (non-hydrogen) atoms. The van der Waals surface area contributed by atoms with Crippen LogP contribution in [0, 0.1) is 0 Å². The molecule has 6 heteroatoms. The van der Waals surface area contributed by atoms with Crippen molar-refractivity contribution in [3.05, 3.63) is 60.9 Å². The van der Waals surface area contributed by atoms with E-state index in [0.29, 0.717) is 0 Å². The molecule has 7 rings (SSSR count). The lowest BCUT2D eigenvalue weighted by molar-refractivity contribution is 1.13. The topological polar surface area (TPSA) is 43.4 Å². The van der Waals surface area contributed by atoms with E-state index < -0.39 is 0 Å². The average molecular weight is 310 g/mol. The van der Waals surface area contributed by atoms with Gasteiger partial charge in [0.15, 0.2) is 11.3 Å². The van der Waals surface area contributed by atoms with Gasteiger partial charge in [0.1, 0.15) is 0 Å². The number of nitrogens with zero attached hydrogens (tertiary/aromatic N) is 6. The van der Waals surface area contributed by atoms with Gasteiger partial charge in [0, 0.05) is 12.4 Å². The van der Waals surface area contributed by atoms with Gasteiger partial charge in [-0.25, -0.2) is 9.97 Å². The molecule has 0 fully saturated rings. The monoisotopic (exact) mass is 310 g/mol. The molecule has 2 aromatic carbocycles. The Morgan fingerprint density at radius 3 is 1.62 bits per heavy atom. The third-order valence-corrected chi connectivity index (χ3v) is 4.96. The van der Waals surface area contributed by atoms with Crippen LogP contribution in [0.1, 0.15) is 0 Å². The zero-order chi connectivity index (χ0) is 15.4. The minimum atomic E-state index is 0.934. The Bertz CT molecular complexity index is 1440. The molecule has 0 amide bonds. The van der Waals surface area contributed by atoms with E-state index >= 15 is 0 Å². The summed E-state index contributed by atoms with van der Waals surface area (Å²) in [6.45, 7) is 0. The zero-order valence-corrected chi connectivity index (χ0v) is 12.5. The first kappa shape index (κ1) is 11.1. The van der Waals surface area contributed by atoms with Gasteiger partial charge in [0.2, 0.25) is 11.6 Å². The molecule has 6 nitrogen and oxygen atoms in total. The van der Waals surface area contributed by atoms with Crippen molar-refractivity contribution in [2.24, 2.45) is 0 Å². The second-order valence-corrected chi connectivity index (χ2v) is 6.16. The molecule has 0 unspecified atom stereocenters. The summed E-state index contributed by atoms with van der Waals surface area (Å²) in [5.41, 5.74) is 6.45. The highest BCUT2D eigenvalue weighted by atomic mass is 15.3. The SMILES string of the molecule is c1ccc2c(c1)nc1n3ccn4c3c(n21)n1c2ccccc2nc41. The summed E-state index contributed by atoms with van der Waals surface area (Å²) in [6.07, 6.45) is 4.12. The lowest BCUT2D eigenvalue weighted by Gasteiger charge is -1.94. The van der Waals surface area contributed by atoms with Gasteiger partial charge in [0.25, 0.3) is 0 Å². The number of aromatic nitrogens is 6. The molecule has 0 aliphatic carbocycles. The van der Waals surface area contributed by atoms with E-state index in [1.807, 2.05) is 12.1 Å². The second-order valence-electron chi connectivity index (χ2n) is 6.16. The molecule has 0 saturated heterocycles. The van der Waals surface area contributed by atoms with Crippen LogP contribution in [0.2, 0.25) is 0 Å². The van der Waals surface area contributed by atoms with Gasteiger partial charge in [-0.2, -0.15) is 0 Å². The van der Waals surface area contributed by atoms with Gasteiger partial charge in [0.05, 0.1) is 22.1 Å². The summed E-state index contributed by atoms with van der Waals surface area (Å²) < 4.78 is 8.73. The Labute approximate surface area is 134 Å².